The number of rotatable bonds is 9. The molecule has 2 heterocycles. The molecule has 3 atom stereocenters. The predicted octanol–water partition coefficient (Wildman–Crippen LogP) is 3.59. The molecule has 3 aromatic rings. The van der Waals surface area contributed by atoms with Crippen molar-refractivity contribution in [1.29, 1.82) is 0 Å². The van der Waals surface area contributed by atoms with Gasteiger partial charge in [0.1, 0.15) is 0 Å². The zero-order valence-corrected chi connectivity index (χ0v) is 18.0. The van der Waals surface area contributed by atoms with Crippen LogP contribution in [0.15, 0.2) is 82.5 Å². The number of nitrogens with zero attached hydrogens (tertiary/aromatic N) is 1. The highest BCUT2D eigenvalue weighted by Crippen LogP contribution is 2.45. The molecule has 0 aliphatic carbocycles. The van der Waals surface area contributed by atoms with Crippen molar-refractivity contribution in [1.82, 2.24) is 9.55 Å². The van der Waals surface area contributed by atoms with Crippen LogP contribution < -0.4 is 11.2 Å². The lowest BCUT2D eigenvalue weighted by Gasteiger charge is -2.18. The molecule has 0 radical (unpaired) electrons. The van der Waals surface area contributed by atoms with Crippen LogP contribution in [0.5, 0.6) is 0 Å². The molecule has 1 aliphatic heterocycles. The van der Waals surface area contributed by atoms with E-state index < -0.39 is 0 Å². The van der Waals surface area contributed by atoms with Gasteiger partial charge < -0.3 is 9.47 Å². The van der Waals surface area contributed by atoms with Gasteiger partial charge >= 0.3 is 5.69 Å². The van der Waals surface area contributed by atoms with Gasteiger partial charge in [-0.1, -0.05) is 60.7 Å². The molecule has 0 bridgehead atoms. The Morgan fingerprint density at radius 2 is 1.48 bits per heavy atom. The standard InChI is InChI=1S/C24H26N2O4S/c27-22-11-12-26(24(28)25-22)23-13-20(16-29-14-18-7-3-1-4-8-18)21(31-23)17-30-15-19-9-5-2-6-10-19/h1-12,20-21,23H,13-17H2,(H,25,27,28)/t20-,21-,23+/m1/s1. The Hall–Kier alpha value is -2.61. The van der Waals surface area contributed by atoms with E-state index in [4.69, 9.17) is 9.47 Å². The number of thioether (sulfide) groups is 1. The van der Waals surface area contributed by atoms with Gasteiger partial charge in [0, 0.05) is 17.5 Å². The van der Waals surface area contributed by atoms with Gasteiger partial charge in [0.05, 0.1) is 31.8 Å². The van der Waals surface area contributed by atoms with E-state index in [0.29, 0.717) is 26.4 Å². The fraction of sp³-hybridized carbons (Fsp3) is 0.333. The Morgan fingerprint density at radius 3 is 2.10 bits per heavy atom. The molecule has 0 spiro atoms. The smallest absolute Gasteiger partial charge is 0.329 e. The number of hydrogen-bond donors (Lipinski definition) is 1. The largest absolute Gasteiger partial charge is 0.376 e. The maximum atomic E-state index is 12.3. The molecular weight excluding hydrogens is 412 g/mol. The topological polar surface area (TPSA) is 73.3 Å². The van der Waals surface area contributed by atoms with Crippen LogP contribution in [0.1, 0.15) is 22.9 Å². The monoisotopic (exact) mass is 438 g/mol. The van der Waals surface area contributed by atoms with E-state index in [-0.39, 0.29) is 27.8 Å². The van der Waals surface area contributed by atoms with Gasteiger partial charge in [-0.2, -0.15) is 0 Å². The molecule has 1 aliphatic rings. The lowest BCUT2D eigenvalue weighted by atomic mass is 10.0. The predicted molar refractivity (Wildman–Crippen MR) is 122 cm³/mol. The van der Waals surface area contributed by atoms with Crippen molar-refractivity contribution < 1.29 is 9.47 Å². The summed E-state index contributed by atoms with van der Waals surface area (Å²) in [5.41, 5.74) is 1.52. The van der Waals surface area contributed by atoms with Crippen LogP contribution in [0.25, 0.3) is 0 Å². The Balaban J connectivity index is 1.39. The first-order chi connectivity index (χ1) is 15.2. The third-order valence-electron chi connectivity index (χ3n) is 5.36. The van der Waals surface area contributed by atoms with Gasteiger partial charge in [0.2, 0.25) is 0 Å². The van der Waals surface area contributed by atoms with E-state index in [2.05, 4.69) is 4.98 Å². The highest BCUT2D eigenvalue weighted by atomic mass is 32.2. The summed E-state index contributed by atoms with van der Waals surface area (Å²) in [6, 6.07) is 21.6. The maximum Gasteiger partial charge on any atom is 0.329 e. The average Bonchev–Trinajstić information content (AvgIpc) is 3.18. The minimum atomic E-state index is -0.380. The van der Waals surface area contributed by atoms with Gasteiger partial charge in [-0.25, -0.2) is 4.79 Å². The van der Waals surface area contributed by atoms with Crippen LogP contribution in [-0.2, 0) is 22.7 Å². The first-order valence-corrected chi connectivity index (χ1v) is 11.3. The van der Waals surface area contributed by atoms with Crippen molar-refractivity contribution in [2.75, 3.05) is 13.2 Å². The first-order valence-electron chi connectivity index (χ1n) is 10.4. The normalized spacial score (nSPS) is 20.7. The zero-order chi connectivity index (χ0) is 21.5. The average molecular weight is 439 g/mol. The van der Waals surface area contributed by atoms with Gasteiger partial charge in [-0.15, -0.1) is 11.8 Å². The summed E-state index contributed by atoms with van der Waals surface area (Å²) >= 11 is 1.71. The number of aromatic amines is 1. The summed E-state index contributed by atoms with van der Waals surface area (Å²) in [5.74, 6) is 0.244. The second-order valence-corrected chi connectivity index (χ2v) is 9.07. The fourth-order valence-corrected chi connectivity index (χ4v) is 5.38. The van der Waals surface area contributed by atoms with Gasteiger partial charge in [-0.3, -0.25) is 14.3 Å². The van der Waals surface area contributed by atoms with Crippen LogP contribution >= 0.6 is 11.8 Å². The number of aromatic nitrogens is 2. The molecule has 6 nitrogen and oxygen atoms in total. The van der Waals surface area contributed by atoms with Crippen LogP contribution in [0.4, 0.5) is 0 Å². The summed E-state index contributed by atoms with van der Waals surface area (Å²) in [6.07, 6.45) is 2.36. The fourth-order valence-electron chi connectivity index (χ4n) is 3.73. The third kappa shape index (κ3) is 5.97. The molecular formula is C24H26N2O4S. The van der Waals surface area contributed by atoms with Gasteiger partial charge in [-0.05, 0) is 23.5 Å². The van der Waals surface area contributed by atoms with E-state index >= 15 is 0 Å². The lowest BCUT2D eigenvalue weighted by Crippen LogP contribution is -2.30. The second-order valence-electron chi connectivity index (χ2n) is 7.64. The molecule has 7 heteroatoms. The zero-order valence-electron chi connectivity index (χ0n) is 17.2. The Morgan fingerprint density at radius 1 is 0.871 bits per heavy atom. The van der Waals surface area contributed by atoms with E-state index in [9.17, 15) is 9.59 Å². The Labute approximate surface area is 185 Å². The Bertz CT molecular complexity index is 1010. The van der Waals surface area contributed by atoms with Crippen molar-refractivity contribution in [3.05, 3.63) is 105 Å². The molecule has 2 aromatic carbocycles. The highest BCUT2D eigenvalue weighted by Gasteiger charge is 2.36. The lowest BCUT2D eigenvalue weighted by molar-refractivity contribution is 0.0622. The molecule has 0 unspecified atom stereocenters. The van der Waals surface area contributed by atoms with Crippen molar-refractivity contribution >= 4 is 11.8 Å². The molecule has 1 saturated heterocycles. The van der Waals surface area contributed by atoms with E-state index in [1.165, 1.54) is 6.07 Å². The number of benzene rings is 2. The molecule has 1 aromatic heterocycles. The van der Waals surface area contributed by atoms with Crippen molar-refractivity contribution in [2.45, 2.75) is 30.3 Å². The SMILES string of the molecule is O=c1ccn([C@@H]2C[C@H](COCc3ccccc3)[C@@H](COCc3ccccc3)S2)c(=O)[nH]1. The van der Waals surface area contributed by atoms with Crippen LogP contribution in [0.3, 0.4) is 0 Å². The minimum absolute atomic E-state index is 0.0556. The van der Waals surface area contributed by atoms with E-state index in [1.54, 1.807) is 22.5 Å². The highest BCUT2D eigenvalue weighted by molar-refractivity contribution is 8.00. The van der Waals surface area contributed by atoms with Crippen LogP contribution in [0, 0.1) is 5.92 Å². The molecule has 31 heavy (non-hydrogen) atoms. The van der Waals surface area contributed by atoms with Crippen LogP contribution in [-0.4, -0.2) is 28.0 Å². The van der Waals surface area contributed by atoms with E-state index in [0.717, 1.165) is 17.5 Å². The molecule has 162 valence electrons. The third-order valence-corrected chi connectivity index (χ3v) is 6.96. The number of hydrogen-bond acceptors (Lipinski definition) is 5. The molecule has 0 amide bonds. The second kappa shape index (κ2) is 10.6. The van der Waals surface area contributed by atoms with Crippen LogP contribution in [0.2, 0.25) is 0 Å². The number of H-pyrrole nitrogens is 1. The Kier molecular flexibility index (Phi) is 7.40. The molecule has 1 N–H and O–H groups in total. The van der Waals surface area contributed by atoms with Crippen molar-refractivity contribution in [2.24, 2.45) is 5.92 Å². The molecule has 4 rings (SSSR count). The summed E-state index contributed by atoms with van der Waals surface area (Å²) in [6.45, 7) is 2.28. The van der Waals surface area contributed by atoms with Crippen molar-refractivity contribution in [3.8, 4) is 0 Å². The van der Waals surface area contributed by atoms with E-state index in [1.807, 2.05) is 60.7 Å². The summed E-state index contributed by atoms with van der Waals surface area (Å²) in [5, 5.41) is 0.142. The quantitative estimate of drug-likeness (QED) is 0.553. The number of ether oxygens (including phenoxy) is 2. The summed E-state index contributed by atoms with van der Waals surface area (Å²) in [7, 11) is 0. The maximum absolute atomic E-state index is 12.3. The molecule has 0 saturated carbocycles. The van der Waals surface area contributed by atoms with Crippen molar-refractivity contribution in [3.63, 3.8) is 0 Å². The van der Waals surface area contributed by atoms with Gasteiger partial charge in [0.15, 0.2) is 0 Å². The first kappa shape index (κ1) is 21.6. The molecule has 1 fully saturated rings. The summed E-state index contributed by atoms with van der Waals surface area (Å²) in [4.78, 5) is 26.0. The van der Waals surface area contributed by atoms with Gasteiger partial charge in [0.25, 0.3) is 5.56 Å². The minimum Gasteiger partial charge on any atom is -0.376 e. The summed E-state index contributed by atoms with van der Waals surface area (Å²) < 4.78 is 13.6. The number of nitrogens with one attached hydrogen (secondary N) is 1.